The third-order valence-electron chi connectivity index (χ3n) is 5.25. The number of anilines is 1. The van der Waals surface area contributed by atoms with Crippen molar-refractivity contribution in [3.8, 4) is 0 Å². The van der Waals surface area contributed by atoms with E-state index < -0.39 is 29.2 Å². The van der Waals surface area contributed by atoms with Crippen LogP contribution in [0.5, 0.6) is 0 Å². The molecule has 0 spiro atoms. The first-order valence-electron chi connectivity index (χ1n) is 11.2. The number of nitrogens with one attached hydrogen (secondary N) is 3. The number of carbonyl (C=O) groups is 2. The summed E-state index contributed by atoms with van der Waals surface area (Å²) in [5, 5.41) is 8.52. The van der Waals surface area contributed by atoms with Gasteiger partial charge in [-0.25, -0.2) is 23.7 Å². The van der Waals surface area contributed by atoms with Gasteiger partial charge < -0.3 is 15.4 Å². The maximum absolute atomic E-state index is 13.4. The van der Waals surface area contributed by atoms with Crippen molar-refractivity contribution in [2.24, 2.45) is 0 Å². The number of hydrogen-bond acceptors (Lipinski definition) is 9. The Bertz CT molecular complexity index is 1210. The number of ether oxygens (including phenoxy) is 1. The number of benzene rings is 2. The van der Waals surface area contributed by atoms with Crippen molar-refractivity contribution in [3.63, 3.8) is 0 Å². The summed E-state index contributed by atoms with van der Waals surface area (Å²) in [6, 6.07) is 15.0. The van der Waals surface area contributed by atoms with Crippen LogP contribution in [0.3, 0.4) is 0 Å². The molecule has 0 saturated heterocycles. The van der Waals surface area contributed by atoms with Crippen LogP contribution in [0.2, 0.25) is 0 Å². The lowest BCUT2D eigenvalue weighted by Crippen LogP contribution is -2.49. The van der Waals surface area contributed by atoms with E-state index in [0.717, 1.165) is 28.2 Å². The third kappa shape index (κ3) is 8.33. The molecule has 0 aliphatic heterocycles. The SMILES string of the molecule is CCc1nc([C@H](Cc2ccc(NO[SH](=O)=O)cc2)NC(=O)[C@H](Cc2ccccc2)NC(=O)OC)cs1. The van der Waals surface area contributed by atoms with E-state index in [9.17, 15) is 18.0 Å². The average molecular weight is 533 g/mol. The van der Waals surface area contributed by atoms with Crippen LogP contribution < -0.4 is 16.1 Å². The maximum Gasteiger partial charge on any atom is 0.407 e. The largest absolute Gasteiger partial charge is 0.453 e. The van der Waals surface area contributed by atoms with Gasteiger partial charge >= 0.3 is 6.09 Å². The molecule has 2 aromatic carbocycles. The van der Waals surface area contributed by atoms with Crippen LogP contribution in [-0.2, 0) is 44.1 Å². The van der Waals surface area contributed by atoms with E-state index in [-0.39, 0.29) is 12.3 Å². The number of hydrogen-bond donors (Lipinski definition) is 4. The van der Waals surface area contributed by atoms with E-state index in [1.54, 1.807) is 24.3 Å². The number of amides is 2. The number of aryl methyl sites for hydroxylation is 1. The molecule has 1 aromatic heterocycles. The van der Waals surface area contributed by atoms with Gasteiger partial charge in [0, 0.05) is 11.8 Å². The van der Waals surface area contributed by atoms with E-state index in [0.29, 0.717) is 12.1 Å². The number of aromatic nitrogens is 1. The monoisotopic (exact) mass is 532 g/mol. The predicted octanol–water partition coefficient (Wildman–Crippen LogP) is 2.94. The number of thiol groups is 1. The third-order valence-corrected chi connectivity index (χ3v) is 6.51. The predicted molar refractivity (Wildman–Crippen MR) is 137 cm³/mol. The summed E-state index contributed by atoms with van der Waals surface area (Å²) in [5.41, 5.74) is 5.28. The lowest BCUT2D eigenvalue weighted by molar-refractivity contribution is -0.123. The lowest BCUT2D eigenvalue weighted by Gasteiger charge is -2.23. The minimum atomic E-state index is -3.02. The molecular formula is C24H28N4O6S2. The van der Waals surface area contributed by atoms with Gasteiger partial charge in [0.2, 0.25) is 5.91 Å². The van der Waals surface area contributed by atoms with Crippen molar-refractivity contribution in [1.82, 2.24) is 15.6 Å². The molecule has 12 heteroatoms. The molecule has 0 aliphatic rings. The number of rotatable bonds is 12. The summed E-state index contributed by atoms with van der Waals surface area (Å²) in [6.45, 7) is 2.01. The highest BCUT2D eigenvalue weighted by atomic mass is 32.2. The molecule has 2 atom stereocenters. The molecule has 1 heterocycles. The Balaban J connectivity index is 1.80. The van der Waals surface area contributed by atoms with E-state index in [4.69, 9.17) is 4.74 Å². The van der Waals surface area contributed by atoms with Crippen LogP contribution in [0.1, 0.15) is 34.8 Å². The summed E-state index contributed by atoms with van der Waals surface area (Å²) in [7, 11) is -1.78. The first-order valence-corrected chi connectivity index (χ1v) is 13.1. The van der Waals surface area contributed by atoms with Gasteiger partial charge in [-0.2, -0.15) is 4.28 Å². The number of carbonyl (C=O) groups excluding carboxylic acids is 2. The van der Waals surface area contributed by atoms with Crippen molar-refractivity contribution in [2.75, 3.05) is 12.6 Å². The zero-order chi connectivity index (χ0) is 25.9. The molecule has 10 nitrogen and oxygen atoms in total. The zero-order valence-corrected chi connectivity index (χ0v) is 21.5. The minimum absolute atomic E-state index is 0.286. The average Bonchev–Trinajstić information content (AvgIpc) is 3.37. The van der Waals surface area contributed by atoms with Crippen LogP contribution in [0.15, 0.2) is 60.0 Å². The van der Waals surface area contributed by atoms with Crippen molar-refractivity contribution in [3.05, 3.63) is 81.8 Å². The topological polar surface area (TPSA) is 136 Å². The Kier molecular flexibility index (Phi) is 10.2. The minimum Gasteiger partial charge on any atom is -0.453 e. The molecule has 0 saturated carbocycles. The number of nitrogens with zero attached hydrogens (tertiary/aromatic N) is 1. The summed E-state index contributed by atoms with van der Waals surface area (Å²) >= 11 is 1.52. The molecule has 192 valence electrons. The number of methoxy groups -OCH3 is 1. The maximum atomic E-state index is 13.4. The molecule has 0 radical (unpaired) electrons. The summed E-state index contributed by atoms with van der Waals surface area (Å²) in [5.74, 6) is -0.369. The van der Waals surface area contributed by atoms with E-state index in [2.05, 4.69) is 25.4 Å². The van der Waals surface area contributed by atoms with Gasteiger partial charge in [0.25, 0.3) is 11.0 Å². The molecule has 3 aromatic rings. The molecule has 36 heavy (non-hydrogen) atoms. The van der Waals surface area contributed by atoms with E-state index in [1.807, 2.05) is 42.6 Å². The molecule has 0 bridgehead atoms. The van der Waals surface area contributed by atoms with Gasteiger partial charge in [-0.1, -0.05) is 49.4 Å². The second-order valence-corrected chi connectivity index (χ2v) is 9.35. The molecule has 3 rings (SSSR count). The van der Waals surface area contributed by atoms with Crippen LogP contribution in [0.4, 0.5) is 10.5 Å². The Morgan fingerprint density at radius 1 is 1.00 bits per heavy atom. The van der Waals surface area contributed by atoms with Gasteiger partial charge in [-0.15, -0.1) is 11.3 Å². The fraction of sp³-hybridized carbons (Fsp3) is 0.292. The molecular weight excluding hydrogens is 504 g/mol. The highest BCUT2D eigenvalue weighted by molar-refractivity contribution is 7.67. The van der Waals surface area contributed by atoms with Crippen molar-refractivity contribution >= 4 is 40.0 Å². The van der Waals surface area contributed by atoms with Crippen LogP contribution in [0, 0.1) is 0 Å². The molecule has 0 fully saturated rings. The highest BCUT2D eigenvalue weighted by Crippen LogP contribution is 2.23. The van der Waals surface area contributed by atoms with Gasteiger partial charge in [0.15, 0.2) is 0 Å². The first kappa shape index (κ1) is 27.1. The Morgan fingerprint density at radius 2 is 1.69 bits per heavy atom. The lowest BCUT2D eigenvalue weighted by atomic mass is 10.0. The second-order valence-electron chi connectivity index (χ2n) is 7.78. The van der Waals surface area contributed by atoms with E-state index >= 15 is 0 Å². The highest BCUT2D eigenvalue weighted by Gasteiger charge is 2.26. The fourth-order valence-corrected chi connectivity index (χ4v) is 4.42. The van der Waals surface area contributed by atoms with Crippen molar-refractivity contribution < 1.29 is 27.0 Å². The summed E-state index contributed by atoms with van der Waals surface area (Å²) in [6.07, 6.45) is 0.781. The van der Waals surface area contributed by atoms with Crippen LogP contribution >= 0.6 is 11.3 Å². The summed E-state index contributed by atoms with van der Waals surface area (Å²) in [4.78, 5) is 30.0. The number of alkyl carbamates (subject to hydrolysis) is 1. The van der Waals surface area contributed by atoms with Crippen LogP contribution in [0.25, 0.3) is 0 Å². The van der Waals surface area contributed by atoms with Gasteiger partial charge in [-0.3, -0.25) is 4.79 Å². The van der Waals surface area contributed by atoms with Crippen molar-refractivity contribution in [2.45, 2.75) is 38.3 Å². The quantitative estimate of drug-likeness (QED) is 0.207. The molecule has 0 aliphatic carbocycles. The first-order chi connectivity index (χ1) is 17.4. The Morgan fingerprint density at radius 3 is 2.31 bits per heavy atom. The smallest absolute Gasteiger partial charge is 0.407 e. The normalized spacial score (nSPS) is 12.5. The molecule has 2 amide bonds. The molecule has 0 unspecified atom stereocenters. The van der Waals surface area contributed by atoms with Gasteiger partial charge in [0.05, 0.1) is 29.5 Å². The van der Waals surface area contributed by atoms with Gasteiger partial charge in [-0.05, 0) is 36.1 Å². The van der Waals surface area contributed by atoms with E-state index in [1.165, 1.54) is 18.4 Å². The Hall–Kier alpha value is -3.48. The molecule has 3 N–H and O–H groups in total. The fourth-order valence-electron chi connectivity index (χ4n) is 3.44. The van der Waals surface area contributed by atoms with Crippen LogP contribution in [-0.4, -0.2) is 38.6 Å². The standard InChI is InChI=1S/C24H28N4O6S2/c1-3-22-25-21(15-35-22)19(13-17-9-11-18(12-10-17)28-34-36(31)32)26-23(29)20(27-24(30)33-2)14-16-7-5-4-6-8-16/h4-12,15,19-20,28,36H,3,13-14H2,1-2H3,(H,26,29)(H,27,30)/t19-,20-/m0/s1. The van der Waals surface area contributed by atoms with Crippen molar-refractivity contribution in [1.29, 1.82) is 0 Å². The Labute approximate surface area is 215 Å². The number of thiazole rings is 1. The zero-order valence-electron chi connectivity index (χ0n) is 19.8. The second kappa shape index (κ2) is 13.6. The van der Waals surface area contributed by atoms with Gasteiger partial charge in [0.1, 0.15) is 6.04 Å². The summed E-state index contributed by atoms with van der Waals surface area (Å²) < 4.78 is 30.3.